The smallest absolute Gasteiger partial charge is 0.261 e. The summed E-state index contributed by atoms with van der Waals surface area (Å²) in [7, 11) is 0. The average Bonchev–Trinajstić information content (AvgIpc) is 2.86. The third kappa shape index (κ3) is 4.45. The van der Waals surface area contributed by atoms with Gasteiger partial charge in [-0.15, -0.1) is 0 Å². The molecule has 0 aliphatic rings. The number of nitrogens with zero attached hydrogens (tertiary/aromatic N) is 3. The van der Waals surface area contributed by atoms with Crippen molar-refractivity contribution >= 4 is 22.5 Å². The van der Waals surface area contributed by atoms with Gasteiger partial charge in [0.2, 0.25) is 0 Å². The fraction of sp³-hybridized carbons (Fsp3) is 0.0370. The van der Waals surface area contributed by atoms with Crippen molar-refractivity contribution in [2.75, 3.05) is 5.32 Å². The lowest BCUT2D eigenvalue weighted by molar-refractivity contribution is 0.102. The summed E-state index contributed by atoms with van der Waals surface area (Å²) in [5.74, 6) is -0.907. The zero-order valence-electron chi connectivity index (χ0n) is 18.0. The number of amides is 1. The highest BCUT2D eigenvalue weighted by atomic mass is 19.1. The van der Waals surface area contributed by atoms with E-state index in [9.17, 15) is 14.0 Å². The summed E-state index contributed by atoms with van der Waals surface area (Å²) in [4.78, 5) is 34.2. The monoisotopic (exact) mass is 450 g/mol. The highest BCUT2D eigenvalue weighted by Gasteiger charge is 2.12. The van der Waals surface area contributed by atoms with Crippen LogP contribution in [0.1, 0.15) is 15.9 Å². The Balaban J connectivity index is 1.40. The van der Waals surface area contributed by atoms with Crippen molar-refractivity contribution < 1.29 is 9.18 Å². The lowest BCUT2D eigenvalue weighted by atomic mass is 10.1. The van der Waals surface area contributed by atoms with Crippen LogP contribution in [0.15, 0.2) is 102 Å². The molecule has 0 spiro atoms. The maximum Gasteiger partial charge on any atom is 0.261 e. The van der Waals surface area contributed by atoms with Gasteiger partial charge in [0.1, 0.15) is 5.82 Å². The number of anilines is 1. The molecule has 7 heteroatoms. The molecule has 0 atom stereocenters. The molecule has 3 aromatic carbocycles. The molecule has 0 fully saturated rings. The number of aromatic nitrogens is 3. The van der Waals surface area contributed by atoms with Crippen molar-refractivity contribution in [3.05, 3.63) is 125 Å². The first kappa shape index (κ1) is 21.2. The summed E-state index contributed by atoms with van der Waals surface area (Å²) in [6, 6.07) is 22.2. The summed E-state index contributed by atoms with van der Waals surface area (Å²) >= 11 is 0. The Kier molecular flexibility index (Phi) is 5.66. The first-order valence-corrected chi connectivity index (χ1v) is 10.6. The first-order valence-electron chi connectivity index (χ1n) is 10.6. The van der Waals surface area contributed by atoms with E-state index >= 15 is 0 Å². The van der Waals surface area contributed by atoms with E-state index in [0.717, 1.165) is 11.1 Å². The Morgan fingerprint density at radius 2 is 1.79 bits per heavy atom. The minimum Gasteiger partial charge on any atom is -0.322 e. The van der Waals surface area contributed by atoms with Crippen LogP contribution in [-0.2, 0) is 6.54 Å². The van der Waals surface area contributed by atoms with E-state index in [4.69, 9.17) is 0 Å². The van der Waals surface area contributed by atoms with Gasteiger partial charge in [-0.1, -0.05) is 36.4 Å². The maximum absolute atomic E-state index is 14.2. The van der Waals surface area contributed by atoms with E-state index in [2.05, 4.69) is 15.3 Å². The lowest BCUT2D eigenvalue weighted by Crippen LogP contribution is -2.21. The highest BCUT2D eigenvalue weighted by Crippen LogP contribution is 2.24. The van der Waals surface area contributed by atoms with E-state index in [1.807, 2.05) is 36.4 Å². The maximum atomic E-state index is 14.2. The third-order valence-electron chi connectivity index (χ3n) is 5.43. The van der Waals surface area contributed by atoms with E-state index in [1.54, 1.807) is 42.7 Å². The molecule has 1 amide bonds. The van der Waals surface area contributed by atoms with E-state index in [-0.39, 0.29) is 5.56 Å². The number of halogens is 1. The van der Waals surface area contributed by atoms with Crippen LogP contribution < -0.4 is 10.9 Å². The summed E-state index contributed by atoms with van der Waals surface area (Å²) in [5, 5.41) is 3.14. The lowest BCUT2D eigenvalue weighted by Gasteiger charge is -2.10. The van der Waals surface area contributed by atoms with Crippen LogP contribution in [0.3, 0.4) is 0 Å². The largest absolute Gasteiger partial charge is 0.322 e. The topological polar surface area (TPSA) is 76.9 Å². The van der Waals surface area contributed by atoms with Crippen LogP contribution >= 0.6 is 0 Å². The summed E-state index contributed by atoms with van der Waals surface area (Å²) in [6.07, 6.45) is 4.74. The van der Waals surface area contributed by atoms with E-state index in [0.29, 0.717) is 34.3 Å². The van der Waals surface area contributed by atoms with Gasteiger partial charge in [0.05, 0.1) is 23.8 Å². The van der Waals surface area contributed by atoms with Crippen LogP contribution in [0.2, 0.25) is 0 Å². The summed E-state index contributed by atoms with van der Waals surface area (Å²) in [5.41, 5.74) is 3.18. The van der Waals surface area contributed by atoms with E-state index < -0.39 is 11.7 Å². The van der Waals surface area contributed by atoms with Gasteiger partial charge in [0.25, 0.3) is 11.5 Å². The molecule has 0 aliphatic carbocycles. The first-order chi connectivity index (χ1) is 16.6. The number of rotatable bonds is 5. The quantitative estimate of drug-likeness (QED) is 0.413. The number of pyridine rings is 1. The third-order valence-corrected chi connectivity index (χ3v) is 5.43. The Morgan fingerprint density at radius 1 is 0.941 bits per heavy atom. The molecule has 0 aliphatic heterocycles. The fourth-order valence-electron chi connectivity index (χ4n) is 3.76. The van der Waals surface area contributed by atoms with Gasteiger partial charge < -0.3 is 5.32 Å². The summed E-state index contributed by atoms with van der Waals surface area (Å²) in [6.45, 7) is 0.406. The van der Waals surface area contributed by atoms with Crippen LogP contribution in [0.25, 0.3) is 22.0 Å². The van der Waals surface area contributed by atoms with E-state index in [1.165, 1.54) is 23.0 Å². The Morgan fingerprint density at radius 3 is 2.59 bits per heavy atom. The van der Waals surface area contributed by atoms with Gasteiger partial charge in [-0.05, 0) is 53.6 Å². The zero-order chi connectivity index (χ0) is 23.5. The van der Waals surface area contributed by atoms with Crippen LogP contribution in [0.5, 0.6) is 0 Å². The van der Waals surface area contributed by atoms with Crippen molar-refractivity contribution in [2.45, 2.75) is 6.54 Å². The predicted molar refractivity (Wildman–Crippen MR) is 129 cm³/mol. The number of carbonyl (C=O) groups is 1. The highest BCUT2D eigenvalue weighted by molar-refractivity contribution is 6.06. The SMILES string of the molecule is O=C(Nc1cc(F)cc(-c2cccnc2)c1)c1ccc2c(=O)n(Cc3ccccc3)cnc2c1. The Hall–Kier alpha value is -4.65. The molecule has 2 heterocycles. The Labute approximate surface area is 194 Å². The molecule has 34 heavy (non-hydrogen) atoms. The second-order valence-corrected chi connectivity index (χ2v) is 7.82. The van der Waals surface area contributed by atoms with Crippen molar-refractivity contribution in [1.82, 2.24) is 14.5 Å². The predicted octanol–water partition coefficient (Wildman–Crippen LogP) is 4.90. The van der Waals surface area contributed by atoms with Gasteiger partial charge in [-0.3, -0.25) is 19.1 Å². The molecule has 0 unspecified atom stereocenters. The molecule has 0 bridgehead atoms. The molecular weight excluding hydrogens is 431 g/mol. The number of hydrogen-bond acceptors (Lipinski definition) is 4. The molecule has 1 N–H and O–H groups in total. The number of fused-ring (bicyclic) bond motifs is 1. The molecule has 0 saturated heterocycles. The fourth-order valence-corrected chi connectivity index (χ4v) is 3.76. The van der Waals surface area contributed by atoms with Gasteiger partial charge in [0.15, 0.2) is 0 Å². The molecule has 0 radical (unpaired) electrons. The average molecular weight is 450 g/mol. The molecule has 2 aromatic heterocycles. The second-order valence-electron chi connectivity index (χ2n) is 7.82. The normalized spacial score (nSPS) is 10.9. The van der Waals surface area contributed by atoms with Crippen LogP contribution in [0, 0.1) is 5.82 Å². The van der Waals surface area contributed by atoms with Crippen LogP contribution in [0.4, 0.5) is 10.1 Å². The minimum absolute atomic E-state index is 0.188. The molecule has 0 saturated carbocycles. The number of benzene rings is 3. The zero-order valence-corrected chi connectivity index (χ0v) is 18.0. The number of nitrogens with one attached hydrogen (secondary N) is 1. The van der Waals surface area contributed by atoms with Crippen molar-refractivity contribution in [1.29, 1.82) is 0 Å². The van der Waals surface area contributed by atoms with Crippen LogP contribution in [-0.4, -0.2) is 20.4 Å². The van der Waals surface area contributed by atoms with Gasteiger partial charge in [-0.2, -0.15) is 0 Å². The molecular formula is C27H19FN4O2. The van der Waals surface area contributed by atoms with Gasteiger partial charge in [-0.25, -0.2) is 9.37 Å². The summed E-state index contributed by atoms with van der Waals surface area (Å²) < 4.78 is 15.7. The minimum atomic E-state index is -0.476. The molecule has 6 nitrogen and oxygen atoms in total. The van der Waals surface area contributed by atoms with Crippen molar-refractivity contribution in [3.63, 3.8) is 0 Å². The standard InChI is InChI=1S/C27H19FN4O2/c28-22-11-21(20-7-4-10-29-15-20)12-23(14-22)31-26(33)19-8-9-24-25(13-19)30-17-32(27(24)34)16-18-5-2-1-3-6-18/h1-15,17H,16H2,(H,31,33). The van der Waals surface area contributed by atoms with Gasteiger partial charge in [0, 0.05) is 29.2 Å². The second kappa shape index (κ2) is 9.07. The Bertz CT molecular complexity index is 1550. The van der Waals surface area contributed by atoms with Crippen molar-refractivity contribution in [2.24, 2.45) is 0 Å². The number of carbonyl (C=O) groups excluding carboxylic acids is 1. The molecule has 166 valence electrons. The molecule has 5 aromatic rings. The van der Waals surface area contributed by atoms with Crippen molar-refractivity contribution in [3.8, 4) is 11.1 Å². The number of hydrogen-bond donors (Lipinski definition) is 1. The molecule has 5 rings (SSSR count). The van der Waals surface area contributed by atoms with Gasteiger partial charge >= 0.3 is 0 Å².